The summed E-state index contributed by atoms with van der Waals surface area (Å²) in [6.45, 7) is 2.14. The number of carbonyl (C=O) groups excluding carboxylic acids is 1. The van der Waals surface area contributed by atoms with Crippen molar-refractivity contribution in [1.29, 1.82) is 0 Å². The first-order chi connectivity index (χ1) is 13.1. The fourth-order valence-electron chi connectivity index (χ4n) is 2.24. The Balaban J connectivity index is 1.47. The smallest absolute Gasteiger partial charge is 0.277 e. The minimum atomic E-state index is -0.177. The molecule has 0 aliphatic rings. The quantitative estimate of drug-likeness (QED) is 0.592. The van der Waals surface area contributed by atoms with Crippen LogP contribution in [0.3, 0.4) is 0 Å². The summed E-state index contributed by atoms with van der Waals surface area (Å²) in [5, 5.41) is 11.0. The zero-order valence-corrected chi connectivity index (χ0v) is 15.8. The molecule has 0 saturated heterocycles. The number of nitrogens with one attached hydrogen (secondary N) is 1. The molecule has 140 valence electrons. The maximum Gasteiger partial charge on any atom is 0.277 e. The summed E-state index contributed by atoms with van der Waals surface area (Å²) in [7, 11) is 1.58. The summed E-state index contributed by atoms with van der Waals surface area (Å²) >= 11 is 1.16. The first kappa shape index (κ1) is 18.8. The molecule has 1 aromatic heterocycles. The van der Waals surface area contributed by atoms with Gasteiger partial charge in [0.2, 0.25) is 5.91 Å². The molecular formula is C19H19N3O4S. The van der Waals surface area contributed by atoms with Crippen LogP contribution in [0.25, 0.3) is 0 Å². The van der Waals surface area contributed by atoms with E-state index in [1.807, 2.05) is 37.3 Å². The van der Waals surface area contributed by atoms with Crippen molar-refractivity contribution in [2.75, 3.05) is 18.2 Å². The number of methoxy groups -OCH3 is 1. The van der Waals surface area contributed by atoms with Gasteiger partial charge in [-0.3, -0.25) is 4.79 Å². The molecule has 0 radical (unpaired) electrons. The summed E-state index contributed by atoms with van der Waals surface area (Å²) in [6, 6.07) is 14.8. The number of hydrogen-bond donors (Lipinski definition) is 1. The zero-order valence-electron chi connectivity index (χ0n) is 15.0. The van der Waals surface area contributed by atoms with E-state index >= 15 is 0 Å². The summed E-state index contributed by atoms with van der Waals surface area (Å²) in [5.74, 6) is 1.77. The van der Waals surface area contributed by atoms with E-state index in [-0.39, 0.29) is 18.3 Å². The fourth-order valence-corrected chi connectivity index (χ4v) is 2.82. The third-order valence-corrected chi connectivity index (χ3v) is 4.39. The van der Waals surface area contributed by atoms with E-state index in [2.05, 4.69) is 15.5 Å². The second-order valence-electron chi connectivity index (χ2n) is 5.58. The van der Waals surface area contributed by atoms with E-state index in [4.69, 9.17) is 13.9 Å². The molecule has 1 amide bonds. The molecule has 7 nitrogen and oxygen atoms in total. The van der Waals surface area contributed by atoms with Crippen molar-refractivity contribution in [1.82, 2.24) is 10.2 Å². The first-order valence-corrected chi connectivity index (χ1v) is 9.20. The number of hydrogen-bond acceptors (Lipinski definition) is 7. The van der Waals surface area contributed by atoms with Gasteiger partial charge in [0.15, 0.2) is 6.61 Å². The standard InChI is InChI=1S/C19H19N3O4S/c1-13-6-3-4-9-16(13)25-11-18-21-22-19(26-18)27-12-17(23)20-14-7-5-8-15(10-14)24-2/h3-10H,11-12H2,1-2H3,(H,20,23). The number of ether oxygens (including phenoxy) is 2. The molecule has 0 saturated carbocycles. The van der Waals surface area contributed by atoms with Gasteiger partial charge in [-0.25, -0.2) is 0 Å². The van der Waals surface area contributed by atoms with Crippen molar-refractivity contribution in [3.05, 3.63) is 60.0 Å². The van der Waals surface area contributed by atoms with Crippen LogP contribution in [0.2, 0.25) is 0 Å². The van der Waals surface area contributed by atoms with Crippen LogP contribution in [0.4, 0.5) is 5.69 Å². The largest absolute Gasteiger partial charge is 0.497 e. The highest BCUT2D eigenvalue weighted by atomic mass is 32.2. The average molecular weight is 385 g/mol. The lowest BCUT2D eigenvalue weighted by atomic mass is 10.2. The van der Waals surface area contributed by atoms with Crippen LogP contribution in [-0.4, -0.2) is 29.0 Å². The van der Waals surface area contributed by atoms with Crippen molar-refractivity contribution in [3.8, 4) is 11.5 Å². The average Bonchev–Trinajstić information content (AvgIpc) is 3.14. The SMILES string of the molecule is COc1cccc(NC(=O)CSc2nnc(COc3ccccc3C)o2)c1. The van der Waals surface area contributed by atoms with Crippen LogP contribution in [-0.2, 0) is 11.4 Å². The van der Waals surface area contributed by atoms with Crippen LogP contribution in [0.1, 0.15) is 11.5 Å². The van der Waals surface area contributed by atoms with Gasteiger partial charge in [0.05, 0.1) is 12.9 Å². The third kappa shape index (κ3) is 5.49. The van der Waals surface area contributed by atoms with Crippen molar-refractivity contribution in [2.24, 2.45) is 0 Å². The Kier molecular flexibility index (Phi) is 6.32. The van der Waals surface area contributed by atoms with Crippen molar-refractivity contribution >= 4 is 23.4 Å². The summed E-state index contributed by atoms with van der Waals surface area (Å²) in [5.41, 5.74) is 1.69. The van der Waals surface area contributed by atoms with Gasteiger partial charge in [-0.05, 0) is 30.7 Å². The molecule has 27 heavy (non-hydrogen) atoms. The lowest BCUT2D eigenvalue weighted by Crippen LogP contribution is -2.13. The lowest BCUT2D eigenvalue weighted by Gasteiger charge is -2.06. The van der Waals surface area contributed by atoms with Gasteiger partial charge in [-0.1, -0.05) is 36.0 Å². The van der Waals surface area contributed by atoms with E-state index in [1.54, 1.807) is 25.3 Å². The number of anilines is 1. The minimum Gasteiger partial charge on any atom is -0.497 e. The lowest BCUT2D eigenvalue weighted by molar-refractivity contribution is -0.113. The Bertz CT molecular complexity index is 913. The molecule has 0 spiro atoms. The van der Waals surface area contributed by atoms with Gasteiger partial charge in [-0.15, -0.1) is 10.2 Å². The predicted molar refractivity (Wildman–Crippen MR) is 102 cm³/mol. The topological polar surface area (TPSA) is 86.5 Å². The number of aromatic nitrogens is 2. The van der Waals surface area contributed by atoms with Crippen LogP contribution >= 0.6 is 11.8 Å². The summed E-state index contributed by atoms with van der Waals surface area (Å²) in [6.07, 6.45) is 0. The molecule has 3 aromatic rings. The molecule has 8 heteroatoms. The molecule has 2 aromatic carbocycles. The highest BCUT2D eigenvalue weighted by Crippen LogP contribution is 2.21. The second kappa shape index (κ2) is 9.09. The highest BCUT2D eigenvalue weighted by Gasteiger charge is 2.11. The van der Waals surface area contributed by atoms with Crippen molar-refractivity contribution in [3.63, 3.8) is 0 Å². The number of aryl methyl sites for hydroxylation is 1. The number of amides is 1. The molecule has 3 rings (SSSR count). The number of para-hydroxylation sites is 1. The number of nitrogens with zero attached hydrogens (tertiary/aromatic N) is 2. The summed E-state index contributed by atoms with van der Waals surface area (Å²) in [4.78, 5) is 12.1. The molecule has 0 bridgehead atoms. The van der Waals surface area contributed by atoms with Crippen LogP contribution in [0.15, 0.2) is 58.2 Å². The minimum absolute atomic E-state index is 0.150. The zero-order chi connectivity index (χ0) is 19.1. The first-order valence-electron chi connectivity index (χ1n) is 8.21. The Morgan fingerprint density at radius 3 is 2.85 bits per heavy atom. The van der Waals surface area contributed by atoms with Gasteiger partial charge in [0.1, 0.15) is 11.5 Å². The molecule has 0 unspecified atom stereocenters. The molecule has 1 N–H and O–H groups in total. The molecule has 0 atom stereocenters. The van der Waals surface area contributed by atoms with Crippen LogP contribution in [0.5, 0.6) is 11.5 Å². The fraction of sp³-hybridized carbons (Fsp3) is 0.211. The van der Waals surface area contributed by atoms with E-state index < -0.39 is 0 Å². The van der Waals surface area contributed by atoms with Crippen molar-refractivity contribution < 1.29 is 18.7 Å². The van der Waals surface area contributed by atoms with Gasteiger partial charge < -0.3 is 19.2 Å². The molecule has 0 aliphatic carbocycles. The second-order valence-corrected chi connectivity index (χ2v) is 6.51. The molecule has 1 heterocycles. The number of rotatable bonds is 8. The van der Waals surface area contributed by atoms with Crippen LogP contribution < -0.4 is 14.8 Å². The van der Waals surface area contributed by atoms with E-state index in [9.17, 15) is 4.79 Å². The van der Waals surface area contributed by atoms with E-state index in [0.717, 1.165) is 23.1 Å². The Labute approximate surface area is 161 Å². The van der Waals surface area contributed by atoms with Gasteiger partial charge in [0.25, 0.3) is 11.1 Å². The summed E-state index contributed by atoms with van der Waals surface area (Å²) < 4.78 is 16.3. The predicted octanol–water partition coefficient (Wildman–Crippen LogP) is 3.70. The molecule has 0 aliphatic heterocycles. The number of benzene rings is 2. The van der Waals surface area contributed by atoms with Gasteiger partial charge >= 0.3 is 0 Å². The maximum atomic E-state index is 12.1. The molecular weight excluding hydrogens is 366 g/mol. The number of thioether (sulfide) groups is 1. The normalized spacial score (nSPS) is 10.4. The van der Waals surface area contributed by atoms with Gasteiger partial charge in [0, 0.05) is 11.8 Å². The Morgan fingerprint density at radius 1 is 1.19 bits per heavy atom. The Morgan fingerprint density at radius 2 is 2.04 bits per heavy atom. The Hall–Kier alpha value is -3.00. The van der Waals surface area contributed by atoms with E-state index in [0.29, 0.717) is 22.6 Å². The molecule has 0 fully saturated rings. The van der Waals surface area contributed by atoms with Crippen molar-refractivity contribution in [2.45, 2.75) is 18.8 Å². The van der Waals surface area contributed by atoms with Gasteiger partial charge in [-0.2, -0.15) is 0 Å². The maximum absolute atomic E-state index is 12.1. The number of carbonyl (C=O) groups is 1. The van der Waals surface area contributed by atoms with Crippen LogP contribution in [0, 0.1) is 6.92 Å². The highest BCUT2D eigenvalue weighted by molar-refractivity contribution is 7.99. The van der Waals surface area contributed by atoms with E-state index in [1.165, 1.54) is 0 Å². The monoisotopic (exact) mass is 385 g/mol. The third-order valence-electron chi connectivity index (χ3n) is 3.57.